The van der Waals surface area contributed by atoms with Crippen molar-refractivity contribution in [3.05, 3.63) is 59.7 Å². The summed E-state index contributed by atoms with van der Waals surface area (Å²) in [5.41, 5.74) is 9.98. The fraction of sp³-hybridized carbons (Fsp3) is 0.333. The van der Waals surface area contributed by atoms with E-state index >= 15 is 0 Å². The normalized spacial score (nSPS) is 12.0. The highest BCUT2D eigenvalue weighted by Gasteiger charge is 2.15. The number of benzene rings is 2. The van der Waals surface area contributed by atoms with Crippen LogP contribution in [0.4, 0.5) is 11.8 Å². The highest BCUT2D eigenvalue weighted by molar-refractivity contribution is 7.91. The van der Waals surface area contributed by atoms with Gasteiger partial charge in [-0.3, -0.25) is 0 Å². The first-order chi connectivity index (χ1) is 16.0. The number of nitrogens with one attached hydrogen (secondary N) is 1. The zero-order valence-corrected chi connectivity index (χ0v) is 21.2. The minimum Gasteiger partial charge on any atom is -0.370 e. The predicted octanol–water partition coefficient (Wildman–Crippen LogP) is 3.80. The molecule has 0 fully saturated rings. The van der Waals surface area contributed by atoms with E-state index in [2.05, 4.69) is 15.3 Å². The van der Waals surface area contributed by atoms with E-state index in [9.17, 15) is 16.8 Å². The first kappa shape index (κ1) is 25.6. The van der Waals surface area contributed by atoms with Crippen molar-refractivity contribution in [1.82, 2.24) is 9.97 Å². The maximum atomic E-state index is 12.5. The Morgan fingerprint density at radius 3 is 2.24 bits per heavy atom. The average Bonchev–Trinajstić information content (AvgIpc) is 2.77. The van der Waals surface area contributed by atoms with Gasteiger partial charge in [0.2, 0.25) is 5.95 Å². The molecule has 3 aromatic rings. The molecule has 2 aromatic carbocycles. The van der Waals surface area contributed by atoms with Gasteiger partial charge in [-0.1, -0.05) is 24.6 Å². The summed E-state index contributed by atoms with van der Waals surface area (Å²) in [6, 6.07) is 13.2. The summed E-state index contributed by atoms with van der Waals surface area (Å²) < 4.78 is 48.1. The maximum absolute atomic E-state index is 12.5. The molecule has 0 atom stereocenters. The van der Waals surface area contributed by atoms with Crippen molar-refractivity contribution in [2.45, 2.75) is 42.9 Å². The zero-order chi connectivity index (χ0) is 24.9. The molecule has 1 heterocycles. The third-order valence-electron chi connectivity index (χ3n) is 5.63. The highest BCUT2D eigenvalue weighted by Crippen LogP contribution is 2.26. The van der Waals surface area contributed by atoms with Crippen LogP contribution in [0.2, 0.25) is 0 Å². The number of nitrogen functional groups attached to an aromatic ring is 1. The number of anilines is 2. The minimum atomic E-state index is -3.46. The molecule has 0 aliphatic heterocycles. The topological polar surface area (TPSA) is 132 Å². The molecule has 10 heteroatoms. The third-order valence-corrected chi connectivity index (χ3v) is 8.58. The molecule has 0 unspecified atom stereocenters. The molecule has 0 saturated heterocycles. The molecular weight excluding hydrogens is 472 g/mol. The van der Waals surface area contributed by atoms with Crippen molar-refractivity contribution in [3.63, 3.8) is 0 Å². The molecule has 0 aliphatic rings. The second-order valence-electron chi connectivity index (χ2n) is 8.29. The SMILES string of the molecule is Cc1cccc(-c2cc(NCCCCCS(=O)(=O)c3ccc(S(C)(=O)=O)cc3)nc(N)n2)c1C. The predicted molar refractivity (Wildman–Crippen MR) is 135 cm³/mol. The zero-order valence-electron chi connectivity index (χ0n) is 19.6. The van der Waals surface area contributed by atoms with E-state index in [4.69, 9.17) is 5.73 Å². The molecule has 0 spiro atoms. The van der Waals surface area contributed by atoms with Crippen LogP contribution in [-0.4, -0.2) is 45.4 Å². The molecular formula is C24H30N4O4S2. The highest BCUT2D eigenvalue weighted by atomic mass is 32.2. The van der Waals surface area contributed by atoms with Crippen LogP contribution >= 0.6 is 0 Å². The molecule has 3 rings (SSSR count). The number of aromatic nitrogens is 2. The van der Waals surface area contributed by atoms with Crippen LogP contribution in [0.15, 0.2) is 58.3 Å². The molecule has 0 amide bonds. The number of hydrogen-bond donors (Lipinski definition) is 2. The fourth-order valence-electron chi connectivity index (χ4n) is 3.55. The summed E-state index contributed by atoms with van der Waals surface area (Å²) in [7, 11) is -6.82. The second kappa shape index (κ2) is 10.5. The number of aryl methyl sites for hydroxylation is 1. The van der Waals surface area contributed by atoms with Gasteiger partial charge in [0.1, 0.15) is 5.82 Å². The number of sulfone groups is 2. The van der Waals surface area contributed by atoms with Crippen LogP contribution in [0.1, 0.15) is 30.4 Å². The average molecular weight is 503 g/mol. The van der Waals surface area contributed by atoms with Crippen LogP contribution in [0.25, 0.3) is 11.3 Å². The van der Waals surface area contributed by atoms with Crippen molar-refractivity contribution in [3.8, 4) is 11.3 Å². The van der Waals surface area contributed by atoms with E-state index in [1.807, 2.05) is 38.1 Å². The van der Waals surface area contributed by atoms with E-state index < -0.39 is 19.7 Å². The quantitative estimate of drug-likeness (QED) is 0.400. The lowest BCUT2D eigenvalue weighted by atomic mass is 10.0. The summed E-state index contributed by atoms with van der Waals surface area (Å²) in [4.78, 5) is 8.85. The van der Waals surface area contributed by atoms with E-state index in [1.54, 1.807) is 0 Å². The Morgan fingerprint density at radius 2 is 1.56 bits per heavy atom. The maximum Gasteiger partial charge on any atom is 0.222 e. The van der Waals surface area contributed by atoms with Crippen LogP contribution in [0, 0.1) is 13.8 Å². The van der Waals surface area contributed by atoms with Gasteiger partial charge < -0.3 is 11.1 Å². The Kier molecular flexibility index (Phi) is 7.93. The van der Waals surface area contributed by atoms with Gasteiger partial charge in [-0.15, -0.1) is 0 Å². The number of nitrogens with two attached hydrogens (primary N) is 1. The Hall–Kier alpha value is -2.98. The van der Waals surface area contributed by atoms with Gasteiger partial charge in [-0.25, -0.2) is 21.8 Å². The van der Waals surface area contributed by atoms with Crippen molar-refractivity contribution in [2.24, 2.45) is 0 Å². The van der Waals surface area contributed by atoms with Crippen molar-refractivity contribution in [2.75, 3.05) is 29.6 Å². The van der Waals surface area contributed by atoms with Gasteiger partial charge in [0, 0.05) is 24.4 Å². The summed E-state index contributed by atoms with van der Waals surface area (Å²) in [6.07, 6.45) is 3.05. The Labute approximate surface area is 201 Å². The van der Waals surface area contributed by atoms with E-state index in [0.717, 1.165) is 29.5 Å². The Bertz CT molecular complexity index is 1370. The van der Waals surface area contributed by atoms with Crippen LogP contribution in [0.3, 0.4) is 0 Å². The third kappa shape index (κ3) is 6.54. The Morgan fingerprint density at radius 1 is 0.882 bits per heavy atom. The van der Waals surface area contributed by atoms with E-state index in [1.165, 1.54) is 29.8 Å². The van der Waals surface area contributed by atoms with Crippen LogP contribution in [-0.2, 0) is 19.7 Å². The smallest absolute Gasteiger partial charge is 0.222 e. The first-order valence-corrected chi connectivity index (χ1v) is 14.5. The van der Waals surface area contributed by atoms with Gasteiger partial charge in [0.25, 0.3) is 0 Å². The van der Waals surface area contributed by atoms with Crippen molar-refractivity contribution < 1.29 is 16.8 Å². The van der Waals surface area contributed by atoms with Gasteiger partial charge in [0.05, 0.1) is 21.2 Å². The summed E-state index contributed by atoms with van der Waals surface area (Å²) in [5, 5.41) is 3.24. The second-order valence-corrected chi connectivity index (χ2v) is 12.4. The number of rotatable bonds is 10. The lowest BCUT2D eigenvalue weighted by Crippen LogP contribution is -2.09. The molecule has 182 valence electrons. The summed E-state index contributed by atoms with van der Waals surface area (Å²) >= 11 is 0. The largest absolute Gasteiger partial charge is 0.370 e. The molecule has 8 nitrogen and oxygen atoms in total. The standard InChI is InChI=1S/C24H30N4O4S2/c1-17-8-7-9-21(18(17)2)22-16-23(28-24(25)27-22)26-14-5-4-6-15-34(31,32)20-12-10-19(11-13-20)33(3,29)30/h7-13,16H,4-6,14-15H2,1-3H3,(H3,25,26,27,28). The summed E-state index contributed by atoms with van der Waals surface area (Å²) in [6.45, 7) is 4.71. The molecule has 0 aliphatic carbocycles. The lowest BCUT2D eigenvalue weighted by molar-refractivity contribution is 0.589. The molecule has 34 heavy (non-hydrogen) atoms. The monoisotopic (exact) mass is 502 g/mol. The minimum absolute atomic E-state index is 0.00244. The number of nitrogens with zero attached hydrogens (tertiary/aromatic N) is 2. The number of unbranched alkanes of at least 4 members (excludes halogenated alkanes) is 2. The first-order valence-electron chi connectivity index (χ1n) is 11.0. The van der Waals surface area contributed by atoms with Crippen LogP contribution < -0.4 is 11.1 Å². The van der Waals surface area contributed by atoms with Gasteiger partial charge in [0.15, 0.2) is 19.7 Å². The molecule has 0 saturated carbocycles. The molecule has 0 bridgehead atoms. The van der Waals surface area contributed by atoms with Crippen LogP contribution in [0.5, 0.6) is 0 Å². The summed E-state index contributed by atoms with van der Waals surface area (Å²) in [5.74, 6) is 0.818. The number of hydrogen-bond acceptors (Lipinski definition) is 8. The van der Waals surface area contributed by atoms with Gasteiger partial charge >= 0.3 is 0 Å². The van der Waals surface area contributed by atoms with Crippen molar-refractivity contribution >= 4 is 31.4 Å². The lowest BCUT2D eigenvalue weighted by Gasteiger charge is -2.11. The molecule has 0 radical (unpaired) electrons. The Balaban J connectivity index is 1.51. The van der Waals surface area contributed by atoms with E-state index in [0.29, 0.717) is 25.2 Å². The molecule has 1 aromatic heterocycles. The molecule has 3 N–H and O–H groups in total. The van der Waals surface area contributed by atoms with Gasteiger partial charge in [-0.2, -0.15) is 4.98 Å². The fourth-order valence-corrected chi connectivity index (χ4v) is 5.55. The van der Waals surface area contributed by atoms with E-state index in [-0.39, 0.29) is 21.5 Å². The van der Waals surface area contributed by atoms with Crippen molar-refractivity contribution in [1.29, 1.82) is 0 Å². The van der Waals surface area contributed by atoms with Gasteiger partial charge in [-0.05, 0) is 62.1 Å².